The van der Waals surface area contributed by atoms with Crippen LogP contribution in [0.2, 0.25) is 0 Å². The minimum absolute atomic E-state index is 1.15. The Morgan fingerprint density at radius 1 is 1.33 bits per heavy atom. The molecule has 0 aliphatic rings. The lowest BCUT2D eigenvalue weighted by Gasteiger charge is -1.81. The van der Waals surface area contributed by atoms with Gasteiger partial charge in [-0.25, -0.2) is 4.37 Å². The molecule has 0 radical (unpaired) electrons. The molecule has 2 nitrogen and oxygen atoms in total. The second-order valence-electron chi connectivity index (χ2n) is 2.44. The van der Waals surface area contributed by atoms with Crippen molar-refractivity contribution in [3.8, 4) is 0 Å². The number of nitrogens with one attached hydrogen (secondary N) is 1. The minimum Gasteiger partial charge on any atom is -0.367 e. The van der Waals surface area contributed by atoms with Crippen molar-refractivity contribution in [2.45, 2.75) is 0 Å². The third-order valence-corrected chi connectivity index (χ3v) is 2.15. The molecular weight excluding hydrogens is 168 g/mol. The topological polar surface area (TPSA) is 28.7 Å². The molecule has 0 spiro atoms. The van der Waals surface area contributed by atoms with Gasteiger partial charge < -0.3 is 4.98 Å². The summed E-state index contributed by atoms with van der Waals surface area (Å²) < 4.78 is 4.00. The van der Waals surface area contributed by atoms with Gasteiger partial charge in [-0.15, -0.1) is 0 Å². The first-order valence-corrected chi connectivity index (χ1v) is 4.49. The predicted molar refractivity (Wildman–Crippen MR) is 51.8 cm³/mol. The molecule has 0 aromatic carbocycles. The maximum absolute atomic E-state index is 4.00. The molecule has 0 aliphatic heterocycles. The molecule has 2 heterocycles. The van der Waals surface area contributed by atoms with E-state index in [4.69, 9.17) is 0 Å². The molecule has 0 unspecified atom stereocenters. The number of hydrogen-bond acceptors (Lipinski definition) is 2. The number of rotatable bonds is 2. The Balaban J connectivity index is 2.14. The van der Waals surface area contributed by atoms with Crippen LogP contribution in [-0.2, 0) is 0 Å². The van der Waals surface area contributed by atoms with Gasteiger partial charge in [0.05, 0.1) is 0 Å². The SMILES string of the molecule is C(=Cc1cnsc1)c1cc[nH]c1. The molecule has 0 amide bonds. The second kappa shape index (κ2) is 3.36. The van der Waals surface area contributed by atoms with Crippen molar-refractivity contribution < 1.29 is 0 Å². The lowest BCUT2D eigenvalue weighted by molar-refractivity contribution is 1.41. The van der Waals surface area contributed by atoms with Crippen LogP contribution in [0.15, 0.2) is 30.0 Å². The summed E-state index contributed by atoms with van der Waals surface area (Å²) in [6.07, 6.45) is 9.82. The van der Waals surface area contributed by atoms with Gasteiger partial charge in [0.2, 0.25) is 0 Å². The highest BCUT2D eigenvalue weighted by Gasteiger charge is 1.87. The van der Waals surface area contributed by atoms with Crippen molar-refractivity contribution >= 4 is 23.7 Å². The second-order valence-corrected chi connectivity index (χ2v) is 3.09. The molecule has 2 rings (SSSR count). The number of hydrogen-bond donors (Lipinski definition) is 1. The molecule has 60 valence electrons. The van der Waals surface area contributed by atoms with E-state index in [0.29, 0.717) is 0 Å². The van der Waals surface area contributed by atoms with E-state index in [2.05, 4.69) is 15.4 Å². The number of H-pyrrole nitrogens is 1. The zero-order valence-corrected chi connectivity index (χ0v) is 7.21. The van der Waals surface area contributed by atoms with Gasteiger partial charge in [-0.3, -0.25) is 0 Å². The first kappa shape index (κ1) is 7.31. The molecule has 0 saturated heterocycles. The summed E-state index contributed by atoms with van der Waals surface area (Å²) in [6, 6.07) is 2.02. The Morgan fingerprint density at radius 3 is 2.92 bits per heavy atom. The van der Waals surface area contributed by atoms with E-state index in [1.165, 1.54) is 17.1 Å². The third kappa shape index (κ3) is 1.62. The van der Waals surface area contributed by atoms with Crippen molar-refractivity contribution in [3.05, 3.63) is 41.2 Å². The maximum atomic E-state index is 4.00. The standard InChI is InChI=1S/C9H8N2S/c1(8-3-4-10-5-8)2-9-6-11-12-7-9/h1-7,10H. The first-order chi connectivity index (χ1) is 5.95. The van der Waals surface area contributed by atoms with Crippen LogP contribution in [0.5, 0.6) is 0 Å². The van der Waals surface area contributed by atoms with Gasteiger partial charge in [0, 0.05) is 29.5 Å². The van der Waals surface area contributed by atoms with E-state index in [1.54, 1.807) is 0 Å². The number of nitrogens with zero attached hydrogens (tertiary/aromatic N) is 1. The summed E-state index contributed by atoms with van der Waals surface area (Å²) in [5.41, 5.74) is 2.34. The Labute approximate surface area is 74.7 Å². The molecule has 1 N–H and O–H groups in total. The summed E-state index contributed by atoms with van der Waals surface area (Å²) in [7, 11) is 0. The Bertz CT molecular complexity index is 310. The smallest absolute Gasteiger partial charge is 0.0479 e. The molecule has 12 heavy (non-hydrogen) atoms. The summed E-state index contributed by atoms with van der Waals surface area (Å²) in [6.45, 7) is 0. The Kier molecular flexibility index (Phi) is 2.05. The van der Waals surface area contributed by atoms with E-state index < -0.39 is 0 Å². The van der Waals surface area contributed by atoms with Crippen LogP contribution in [-0.4, -0.2) is 9.36 Å². The molecule has 3 heteroatoms. The van der Waals surface area contributed by atoms with E-state index in [0.717, 1.165) is 5.56 Å². The van der Waals surface area contributed by atoms with E-state index in [9.17, 15) is 0 Å². The van der Waals surface area contributed by atoms with Crippen LogP contribution in [0.1, 0.15) is 11.1 Å². The average molecular weight is 176 g/mol. The fourth-order valence-corrected chi connectivity index (χ4v) is 1.43. The summed E-state index contributed by atoms with van der Waals surface area (Å²) in [4.78, 5) is 3.00. The van der Waals surface area contributed by atoms with Gasteiger partial charge >= 0.3 is 0 Å². The monoisotopic (exact) mass is 176 g/mol. The van der Waals surface area contributed by atoms with Gasteiger partial charge in [0.15, 0.2) is 0 Å². The van der Waals surface area contributed by atoms with Crippen molar-refractivity contribution in [2.24, 2.45) is 0 Å². The highest BCUT2D eigenvalue weighted by atomic mass is 32.1. The fourth-order valence-electron chi connectivity index (χ4n) is 0.928. The highest BCUT2D eigenvalue weighted by molar-refractivity contribution is 7.03. The fraction of sp³-hybridized carbons (Fsp3) is 0. The van der Waals surface area contributed by atoms with Crippen LogP contribution in [0.4, 0.5) is 0 Å². The largest absolute Gasteiger partial charge is 0.367 e. The van der Waals surface area contributed by atoms with Gasteiger partial charge in [0.25, 0.3) is 0 Å². The summed E-state index contributed by atoms with van der Waals surface area (Å²) >= 11 is 1.47. The quantitative estimate of drug-likeness (QED) is 0.748. The van der Waals surface area contributed by atoms with Gasteiger partial charge in [-0.1, -0.05) is 12.2 Å². The minimum atomic E-state index is 1.15. The molecule has 2 aromatic rings. The summed E-state index contributed by atoms with van der Waals surface area (Å²) in [5, 5.41) is 2.02. The molecule has 0 aliphatic carbocycles. The lowest BCUT2D eigenvalue weighted by Crippen LogP contribution is -1.62. The van der Waals surface area contributed by atoms with Crippen LogP contribution >= 0.6 is 11.5 Å². The van der Waals surface area contributed by atoms with E-state index in [1.807, 2.05) is 36.1 Å². The molecule has 0 atom stereocenters. The van der Waals surface area contributed by atoms with Crippen molar-refractivity contribution in [2.75, 3.05) is 0 Å². The number of aromatic nitrogens is 2. The highest BCUT2D eigenvalue weighted by Crippen LogP contribution is 2.07. The zero-order valence-electron chi connectivity index (χ0n) is 6.40. The van der Waals surface area contributed by atoms with Crippen molar-refractivity contribution in [1.82, 2.24) is 9.36 Å². The first-order valence-electron chi connectivity index (χ1n) is 3.65. The van der Waals surface area contributed by atoms with Crippen molar-refractivity contribution in [1.29, 1.82) is 0 Å². The molecular formula is C9H8N2S. The predicted octanol–water partition coefficient (Wildman–Crippen LogP) is 2.64. The van der Waals surface area contributed by atoms with Crippen LogP contribution < -0.4 is 0 Å². The van der Waals surface area contributed by atoms with E-state index in [-0.39, 0.29) is 0 Å². The van der Waals surface area contributed by atoms with Gasteiger partial charge in [-0.2, -0.15) is 0 Å². The molecule has 0 bridgehead atoms. The Morgan fingerprint density at radius 2 is 2.25 bits per heavy atom. The van der Waals surface area contributed by atoms with Gasteiger partial charge in [0.1, 0.15) is 0 Å². The van der Waals surface area contributed by atoms with Crippen molar-refractivity contribution in [3.63, 3.8) is 0 Å². The molecule has 0 saturated carbocycles. The summed E-state index contributed by atoms with van der Waals surface area (Å²) in [5.74, 6) is 0. The lowest BCUT2D eigenvalue weighted by atomic mass is 10.2. The van der Waals surface area contributed by atoms with Gasteiger partial charge in [-0.05, 0) is 23.2 Å². The Hall–Kier alpha value is -1.35. The average Bonchev–Trinajstić information content (AvgIpc) is 2.74. The normalized spacial score (nSPS) is 11.0. The number of aromatic amines is 1. The van der Waals surface area contributed by atoms with Crippen LogP contribution in [0.3, 0.4) is 0 Å². The van der Waals surface area contributed by atoms with E-state index >= 15 is 0 Å². The third-order valence-electron chi connectivity index (χ3n) is 1.54. The molecule has 0 fully saturated rings. The zero-order chi connectivity index (χ0) is 8.23. The maximum Gasteiger partial charge on any atom is 0.0479 e. The van der Waals surface area contributed by atoms with Crippen LogP contribution in [0.25, 0.3) is 12.2 Å². The molecule has 2 aromatic heterocycles. The van der Waals surface area contributed by atoms with Crippen LogP contribution in [0, 0.1) is 0 Å².